The molecule has 110 valence electrons. The van der Waals surface area contributed by atoms with Gasteiger partial charge in [0.1, 0.15) is 5.82 Å². The van der Waals surface area contributed by atoms with Crippen LogP contribution in [0.4, 0.5) is 14.9 Å². The van der Waals surface area contributed by atoms with Crippen LogP contribution < -0.4 is 10.6 Å². The van der Waals surface area contributed by atoms with Crippen LogP contribution in [0.2, 0.25) is 0 Å². The van der Waals surface area contributed by atoms with Gasteiger partial charge >= 0.3 is 6.03 Å². The third kappa shape index (κ3) is 4.31. The molecule has 0 atom stereocenters. The van der Waals surface area contributed by atoms with Crippen molar-refractivity contribution < 1.29 is 9.18 Å². The Labute approximate surface area is 124 Å². The molecule has 0 heterocycles. The number of rotatable bonds is 5. The number of hydrogen-bond donors (Lipinski definition) is 2. The fourth-order valence-electron chi connectivity index (χ4n) is 2.13. The second-order valence-electron chi connectivity index (χ2n) is 4.73. The lowest BCUT2D eigenvalue weighted by Crippen LogP contribution is -2.30. The van der Waals surface area contributed by atoms with Crippen molar-refractivity contribution >= 4 is 11.7 Å². The smallest absolute Gasteiger partial charge is 0.319 e. The van der Waals surface area contributed by atoms with E-state index >= 15 is 0 Å². The summed E-state index contributed by atoms with van der Waals surface area (Å²) in [4.78, 5) is 11.8. The molecule has 0 aromatic heterocycles. The molecule has 0 saturated heterocycles. The first-order valence-electron chi connectivity index (χ1n) is 7.07. The number of carbonyl (C=O) groups is 1. The fourth-order valence-corrected chi connectivity index (χ4v) is 2.13. The third-order valence-corrected chi connectivity index (χ3v) is 3.28. The number of amides is 2. The van der Waals surface area contributed by atoms with Gasteiger partial charge in [-0.1, -0.05) is 43.3 Å². The average Bonchev–Trinajstić information content (AvgIpc) is 2.50. The molecule has 0 bridgehead atoms. The number of urea groups is 1. The Bertz CT molecular complexity index is 613. The number of para-hydroxylation sites is 1. The molecule has 3 nitrogen and oxygen atoms in total. The van der Waals surface area contributed by atoms with Gasteiger partial charge in [-0.15, -0.1) is 0 Å². The lowest BCUT2D eigenvalue weighted by molar-refractivity contribution is 0.252. The van der Waals surface area contributed by atoms with Crippen LogP contribution in [0.25, 0.3) is 0 Å². The summed E-state index contributed by atoms with van der Waals surface area (Å²) in [6.07, 6.45) is 1.32. The van der Waals surface area contributed by atoms with Crippen molar-refractivity contribution in [3.8, 4) is 0 Å². The standard InChI is InChI=1S/C17H19FN2O/c1-2-13-7-4-6-10-16(13)20-17(21)19-12-11-14-8-3-5-9-15(14)18/h3-10H,2,11-12H2,1H3,(H2,19,20,21). The van der Waals surface area contributed by atoms with Gasteiger partial charge in [0.2, 0.25) is 0 Å². The fraction of sp³-hybridized carbons (Fsp3) is 0.235. The molecule has 0 aliphatic carbocycles. The molecule has 0 radical (unpaired) electrons. The minimum atomic E-state index is -0.271. The second kappa shape index (κ2) is 7.43. The normalized spacial score (nSPS) is 10.2. The number of hydrogen-bond acceptors (Lipinski definition) is 1. The predicted octanol–water partition coefficient (Wildman–Crippen LogP) is 3.75. The van der Waals surface area contributed by atoms with E-state index in [4.69, 9.17) is 0 Å². The predicted molar refractivity (Wildman–Crippen MR) is 82.9 cm³/mol. The van der Waals surface area contributed by atoms with Gasteiger partial charge in [-0.25, -0.2) is 9.18 Å². The molecule has 0 saturated carbocycles. The maximum Gasteiger partial charge on any atom is 0.319 e. The van der Waals surface area contributed by atoms with Gasteiger partial charge in [0.05, 0.1) is 0 Å². The van der Waals surface area contributed by atoms with E-state index in [2.05, 4.69) is 10.6 Å². The summed E-state index contributed by atoms with van der Waals surface area (Å²) in [6.45, 7) is 2.43. The highest BCUT2D eigenvalue weighted by Gasteiger charge is 2.05. The largest absolute Gasteiger partial charge is 0.338 e. The number of carbonyl (C=O) groups excluding carboxylic acids is 1. The molecule has 0 spiro atoms. The van der Waals surface area contributed by atoms with Gasteiger partial charge in [0, 0.05) is 12.2 Å². The van der Waals surface area contributed by atoms with Crippen LogP contribution in [0.15, 0.2) is 48.5 Å². The highest BCUT2D eigenvalue weighted by Crippen LogP contribution is 2.15. The van der Waals surface area contributed by atoms with E-state index < -0.39 is 0 Å². The van der Waals surface area contributed by atoms with E-state index in [0.717, 1.165) is 17.7 Å². The summed E-state index contributed by atoms with van der Waals surface area (Å²) in [7, 11) is 0. The quantitative estimate of drug-likeness (QED) is 0.863. The van der Waals surface area contributed by atoms with Crippen molar-refractivity contribution in [2.24, 2.45) is 0 Å². The summed E-state index contributed by atoms with van der Waals surface area (Å²) in [5.74, 6) is -0.240. The molecule has 0 unspecified atom stereocenters. The number of anilines is 1. The monoisotopic (exact) mass is 286 g/mol. The number of aryl methyl sites for hydroxylation is 1. The summed E-state index contributed by atoms with van der Waals surface area (Å²) in [6, 6.07) is 14.0. The molecule has 0 aliphatic rings. The Balaban J connectivity index is 1.84. The number of nitrogens with one attached hydrogen (secondary N) is 2. The van der Waals surface area contributed by atoms with E-state index in [1.165, 1.54) is 6.07 Å². The SMILES string of the molecule is CCc1ccccc1NC(=O)NCCc1ccccc1F. The third-order valence-electron chi connectivity index (χ3n) is 3.28. The minimum absolute atomic E-state index is 0.240. The van der Waals surface area contributed by atoms with Crippen LogP contribution in [0.5, 0.6) is 0 Å². The summed E-state index contributed by atoms with van der Waals surface area (Å²) >= 11 is 0. The van der Waals surface area contributed by atoms with Crippen LogP contribution in [-0.2, 0) is 12.8 Å². The Morgan fingerprint density at radius 1 is 1.05 bits per heavy atom. The molecule has 2 amide bonds. The molecule has 4 heteroatoms. The molecule has 0 fully saturated rings. The molecule has 2 rings (SSSR count). The number of halogens is 1. The van der Waals surface area contributed by atoms with Gasteiger partial charge < -0.3 is 10.6 Å². The Morgan fingerprint density at radius 2 is 1.71 bits per heavy atom. The van der Waals surface area contributed by atoms with Crippen LogP contribution >= 0.6 is 0 Å². The van der Waals surface area contributed by atoms with Crippen LogP contribution in [-0.4, -0.2) is 12.6 Å². The zero-order valence-electron chi connectivity index (χ0n) is 12.0. The number of benzene rings is 2. The van der Waals surface area contributed by atoms with Crippen LogP contribution in [0, 0.1) is 5.82 Å². The van der Waals surface area contributed by atoms with Gasteiger partial charge in [-0.05, 0) is 36.1 Å². The molecule has 2 aromatic rings. The van der Waals surface area contributed by atoms with Crippen molar-refractivity contribution in [2.45, 2.75) is 19.8 Å². The van der Waals surface area contributed by atoms with Crippen LogP contribution in [0.1, 0.15) is 18.1 Å². The van der Waals surface area contributed by atoms with E-state index in [0.29, 0.717) is 18.5 Å². The highest BCUT2D eigenvalue weighted by atomic mass is 19.1. The maximum atomic E-state index is 13.4. The van der Waals surface area contributed by atoms with Crippen molar-refractivity contribution in [2.75, 3.05) is 11.9 Å². The van der Waals surface area contributed by atoms with E-state index in [1.807, 2.05) is 31.2 Å². The van der Waals surface area contributed by atoms with E-state index in [9.17, 15) is 9.18 Å². The van der Waals surface area contributed by atoms with Gasteiger partial charge in [0.25, 0.3) is 0 Å². The van der Waals surface area contributed by atoms with E-state index in [-0.39, 0.29) is 11.8 Å². The molecule has 0 aliphatic heterocycles. The molecule has 2 N–H and O–H groups in total. The highest BCUT2D eigenvalue weighted by molar-refractivity contribution is 5.90. The zero-order valence-corrected chi connectivity index (χ0v) is 12.0. The molecule has 2 aromatic carbocycles. The van der Waals surface area contributed by atoms with Gasteiger partial charge in [0.15, 0.2) is 0 Å². The van der Waals surface area contributed by atoms with Crippen molar-refractivity contribution in [3.63, 3.8) is 0 Å². The van der Waals surface area contributed by atoms with Crippen molar-refractivity contribution in [3.05, 3.63) is 65.5 Å². The lowest BCUT2D eigenvalue weighted by atomic mass is 10.1. The van der Waals surface area contributed by atoms with Gasteiger partial charge in [-0.2, -0.15) is 0 Å². The van der Waals surface area contributed by atoms with Gasteiger partial charge in [-0.3, -0.25) is 0 Å². The maximum absolute atomic E-state index is 13.4. The van der Waals surface area contributed by atoms with E-state index in [1.54, 1.807) is 18.2 Å². The molecule has 21 heavy (non-hydrogen) atoms. The summed E-state index contributed by atoms with van der Waals surface area (Å²) < 4.78 is 13.4. The Hall–Kier alpha value is -2.36. The van der Waals surface area contributed by atoms with Crippen molar-refractivity contribution in [1.29, 1.82) is 0 Å². The summed E-state index contributed by atoms with van der Waals surface area (Å²) in [5.41, 5.74) is 2.50. The van der Waals surface area contributed by atoms with Crippen LogP contribution in [0.3, 0.4) is 0 Å². The minimum Gasteiger partial charge on any atom is -0.338 e. The lowest BCUT2D eigenvalue weighted by Gasteiger charge is -2.11. The topological polar surface area (TPSA) is 41.1 Å². The summed E-state index contributed by atoms with van der Waals surface area (Å²) in [5, 5.41) is 5.56. The molecular weight excluding hydrogens is 267 g/mol. The zero-order chi connectivity index (χ0) is 15.1. The first-order chi connectivity index (χ1) is 10.2. The Morgan fingerprint density at radius 3 is 2.43 bits per heavy atom. The second-order valence-corrected chi connectivity index (χ2v) is 4.73. The first kappa shape index (κ1) is 15.0. The average molecular weight is 286 g/mol. The Kier molecular flexibility index (Phi) is 5.32. The first-order valence-corrected chi connectivity index (χ1v) is 7.07. The molecular formula is C17H19FN2O. The van der Waals surface area contributed by atoms with Crippen molar-refractivity contribution in [1.82, 2.24) is 5.32 Å².